The first-order valence-corrected chi connectivity index (χ1v) is 8.64. The van der Waals surface area contributed by atoms with Crippen molar-refractivity contribution in [1.29, 1.82) is 0 Å². The molecular weight excluding hydrogens is 361 g/mol. The highest BCUT2D eigenvalue weighted by atomic mass is 35.5. The average molecular weight is 379 g/mol. The van der Waals surface area contributed by atoms with E-state index in [-0.39, 0.29) is 6.54 Å². The molecule has 0 amide bonds. The van der Waals surface area contributed by atoms with Gasteiger partial charge in [-0.05, 0) is 23.6 Å². The van der Waals surface area contributed by atoms with Crippen LogP contribution in [0.4, 0.5) is 18.9 Å². The quantitative estimate of drug-likeness (QED) is 0.565. The number of alkyl halides is 3. The minimum Gasteiger partial charge on any atom is -0.383 e. The van der Waals surface area contributed by atoms with E-state index >= 15 is 0 Å². The molecule has 3 rings (SSSR count). The van der Waals surface area contributed by atoms with Gasteiger partial charge in [0.05, 0.1) is 16.6 Å². The number of anilines is 1. The van der Waals surface area contributed by atoms with E-state index in [1.165, 1.54) is 6.92 Å². The third-order valence-corrected chi connectivity index (χ3v) is 4.87. The number of benzene rings is 2. The van der Waals surface area contributed by atoms with Crippen LogP contribution in [0.2, 0.25) is 5.02 Å². The van der Waals surface area contributed by atoms with Crippen LogP contribution in [0.5, 0.6) is 0 Å². The molecule has 0 saturated carbocycles. The Morgan fingerprint density at radius 1 is 1.04 bits per heavy atom. The number of hydrogen-bond donors (Lipinski definition) is 1. The maximum Gasteiger partial charge on any atom is 0.392 e. The second-order valence-electron chi connectivity index (χ2n) is 6.25. The standard InChI is InChI=1S/C20H18ClF3N2/c1-13(20(22,23)24)16(12-26-18-9-5-4-8-17(18)21)19-10-14-6-2-3-7-15(14)11-25-19/h2-11,13,16,26H,12H2,1H3/t13-,16+/m1/s1. The number of fused-ring (bicyclic) bond motifs is 1. The summed E-state index contributed by atoms with van der Waals surface area (Å²) in [6.07, 6.45) is -2.70. The number of para-hydroxylation sites is 1. The Bertz CT molecular complexity index is 895. The van der Waals surface area contributed by atoms with Crippen molar-refractivity contribution in [1.82, 2.24) is 4.98 Å². The Hall–Kier alpha value is -2.27. The summed E-state index contributed by atoms with van der Waals surface area (Å²) in [6.45, 7) is 1.27. The fraction of sp³-hybridized carbons (Fsp3) is 0.250. The lowest BCUT2D eigenvalue weighted by atomic mass is 9.89. The summed E-state index contributed by atoms with van der Waals surface area (Å²) in [6, 6.07) is 16.2. The summed E-state index contributed by atoms with van der Waals surface area (Å²) in [5, 5.41) is 5.28. The first kappa shape index (κ1) is 18.5. The van der Waals surface area contributed by atoms with Crippen LogP contribution in [0.15, 0.2) is 60.8 Å². The van der Waals surface area contributed by atoms with Crippen molar-refractivity contribution in [2.75, 3.05) is 11.9 Å². The van der Waals surface area contributed by atoms with Gasteiger partial charge >= 0.3 is 6.18 Å². The highest BCUT2D eigenvalue weighted by Crippen LogP contribution is 2.37. The van der Waals surface area contributed by atoms with Gasteiger partial charge < -0.3 is 5.32 Å². The summed E-state index contributed by atoms with van der Waals surface area (Å²) >= 11 is 6.10. The first-order chi connectivity index (χ1) is 12.4. The molecule has 2 nitrogen and oxygen atoms in total. The van der Waals surface area contributed by atoms with E-state index in [1.807, 2.05) is 24.3 Å². The molecule has 3 aromatic rings. The number of rotatable bonds is 5. The smallest absolute Gasteiger partial charge is 0.383 e. The van der Waals surface area contributed by atoms with Gasteiger partial charge in [0.2, 0.25) is 0 Å². The minimum atomic E-state index is -4.32. The molecule has 1 heterocycles. The molecule has 2 aromatic carbocycles. The second kappa shape index (κ2) is 7.54. The zero-order chi connectivity index (χ0) is 18.7. The van der Waals surface area contributed by atoms with Crippen LogP contribution < -0.4 is 5.32 Å². The number of nitrogens with one attached hydrogen (secondary N) is 1. The van der Waals surface area contributed by atoms with E-state index in [9.17, 15) is 13.2 Å². The van der Waals surface area contributed by atoms with Gasteiger partial charge in [-0.1, -0.05) is 54.9 Å². The summed E-state index contributed by atoms with van der Waals surface area (Å²) < 4.78 is 40.3. The lowest BCUT2D eigenvalue weighted by Gasteiger charge is -2.26. The van der Waals surface area contributed by atoms with Crippen molar-refractivity contribution in [3.8, 4) is 0 Å². The van der Waals surface area contributed by atoms with Crippen LogP contribution in [0.25, 0.3) is 10.8 Å². The SMILES string of the molecule is C[C@H]([C@H](CNc1ccccc1Cl)c1cc2ccccc2cn1)C(F)(F)F. The van der Waals surface area contributed by atoms with E-state index in [1.54, 1.807) is 36.5 Å². The van der Waals surface area contributed by atoms with Crippen molar-refractivity contribution in [2.45, 2.75) is 19.0 Å². The highest BCUT2D eigenvalue weighted by molar-refractivity contribution is 6.33. The Kier molecular flexibility index (Phi) is 5.37. The molecule has 0 fully saturated rings. The lowest BCUT2D eigenvalue weighted by Crippen LogP contribution is -2.31. The monoisotopic (exact) mass is 378 g/mol. The topological polar surface area (TPSA) is 24.9 Å². The molecular formula is C20H18ClF3N2. The van der Waals surface area contributed by atoms with Crippen LogP contribution in [0.1, 0.15) is 18.5 Å². The number of halogens is 4. The fourth-order valence-corrected chi connectivity index (χ4v) is 3.10. The summed E-state index contributed by atoms with van der Waals surface area (Å²) in [5.41, 5.74) is 1.02. The van der Waals surface area contributed by atoms with Crippen molar-refractivity contribution in [3.63, 3.8) is 0 Å². The summed E-state index contributed by atoms with van der Waals surface area (Å²) in [5.74, 6) is -2.39. The van der Waals surface area contributed by atoms with Crippen molar-refractivity contribution >= 4 is 28.1 Å². The predicted molar refractivity (Wildman–Crippen MR) is 99.6 cm³/mol. The van der Waals surface area contributed by atoms with E-state index < -0.39 is 18.0 Å². The molecule has 26 heavy (non-hydrogen) atoms. The zero-order valence-corrected chi connectivity index (χ0v) is 14.9. The molecule has 0 saturated heterocycles. The van der Waals surface area contributed by atoms with Gasteiger partial charge in [-0.25, -0.2) is 0 Å². The molecule has 6 heteroatoms. The molecule has 136 valence electrons. The van der Waals surface area contributed by atoms with Crippen molar-refractivity contribution in [3.05, 3.63) is 71.5 Å². The van der Waals surface area contributed by atoms with Crippen LogP contribution in [0, 0.1) is 5.92 Å². The van der Waals surface area contributed by atoms with E-state index in [4.69, 9.17) is 11.6 Å². The molecule has 1 N–H and O–H groups in total. The molecule has 2 atom stereocenters. The average Bonchev–Trinajstić information content (AvgIpc) is 2.62. The normalized spacial score (nSPS) is 14.2. The third kappa shape index (κ3) is 4.10. The first-order valence-electron chi connectivity index (χ1n) is 8.26. The molecule has 0 aliphatic carbocycles. The Morgan fingerprint density at radius 2 is 1.69 bits per heavy atom. The number of hydrogen-bond acceptors (Lipinski definition) is 2. The van der Waals surface area contributed by atoms with Gasteiger partial charge in [-0.15, -0.1) is 0 Å². The summed E-state index contributed by atoms with van der Waals surface area (Å²) in [4.78, 5) is 4.30. The van der Waals surface area contributed by atoms with Crippen LogP contribution in [-0.4, -0.2) is 17.7 Å². The Morgan fingerprint density at radius 3 is 2.38 bits per heavy atom. The molecule has 0 radical (unpaired) electrons. The van der Waals surface area contributed by atoms with Gasteiger partial charge in [0.1, 0.15) is 0 Å². The van der Waals surface area contributed by atoms with Crippen LogP contribution >= 0.6 is 11.6 Å². The lowest BCUT2D eigenvalue weighted by molar-refractivity contribution is -0.175. The molecule has 0 bridgehead atoms. The van der Waals surface area contributed by atoms with Gasteiger partial charge in [0, 0.05) is 29.7 Å². The van der Waals surface area contributed by atoms with Crippen molar-refractivity contribution < 1.29 is 13.2 Å². The molecule has 0 aliphatic heterocycles. The molecule has 1 aromatic heterocycles. The third-order valence-electron chi connectivity index (χ3n) is 4.54. The van der Waals surface area contributed by atoms with Gasteiger partial charge in [-0.2, -0.15) is 13.2 Å². The van der Waals surface area contributed by atoms with Gasteiger partial charge in [0.25, 0.3) is 0 Å². The summed E-state index contributed by atoms with van der Waals surface area (Å²) in [7, 11) is 0. The Labute approximate surface area is 155 Å². The molecule has 0 aliphatic rings. The maximum atomic E-state index is 13.4. The highest BCUT2D eigenvalue weighted by Gasteiger charge is 2.42. The van der Waals surface area contributed by atoms with E-state index in [0.29, 0.717) is 16.4 Å². The number of aromatic nitrogens is 1. The molecule has 0 spiro atoms. The maximum absolute atomic E-state index is 13.4. The van der Waals surface area contributed by atoms with Gasteiger partial charge in [-0.3, -0.25) is 4.98 Å². The fourth-order valence-electron chi connectivity index (χ4n) is 2.89. The Balaban J connectivity index is 1.93. The number of pyridine rings is 1. The zero-order valence-electron chi connectivity index (χ0n) is 14.1. The predicted octanol–water partition coefficient (Wildman–Crippen LogP) is 6.28. The second-order valence-corrected chi connectivity index (χ2v) is 6.66. The van der Waals surface area contributed by atoms with E-state index in [0.717, 1.165) is 10.8 Å². The van der Waals surface area contributed by atoms with E-state index in [2.05, 4.69) is 10.3 Å². The molecule has 0 unspecified atom stereocenters. The minimum absolute atomic E-state index is 0.0791. The largest absolute Gasteiger partial charge is 0.392 e. The number of nitrogens with zero attached hydrogens (tertiary/aromatic N) is 1. The van der Waals surface area contributed by atoms with Crippen LogP contribution in [-0.2, 0) is 0 Å². The van der Waals surface area contributed by atoms with Crippen molar-refractivity contribution in [2.24, 2.45) is 5.92 Å². The van der Waals surface area contributed by atoms with Crippen LogP contribution in [0.3, 0.4) is 0 Å². The van der Waals surface area contributed by atoms with Gasteiger partial charge in [0.15, 0.2) is 0 Å².